The van der Waals surface area contributed by atoms with Gasteiger partial charge in [-0.2, -0.15) is 0 Å². The molecule has 0 unspecified atom stereocenters. The van der Waals surface area contributed by atoms with Gasteiger partial charge in [0.25, 0.3) is 0 Å². The van der Waals surface area contributed by atoms with Crippen molar-refractivity contribution in [3.8, 4) is 0 Å². The minimum absolute atomic E-state index is 0. The highest BCUT2D eigenvalue weighted by Crippen LogP contribution is 2.11. The number of amides is 2. The number of quaternary nitrogens is 1. The number of hydrogen-bond donors (Lipinski definition) is 3. The first-order valence-corrected chi connectivity index (χ1v) is 7.20. The van der Waals surface area contributed by atoms with E-state index in [-0.39, 0.29) is 25.6 Å². The fraction of sp³-hybridized carbons (Fsp3) is 0.400. The maximum absolute atomic E-state index is 11.8. The second kappa shape index (κ2) is 11.3. The smallest absolute Gasteiger partial charge is 0.364 e. The molecule has 8 nitrogen and oxygen atoms in total. The third-order valence-electron chi connectivity index (χ3n) is 2.94. The summed E-state index contributed by atoms with van der Waals surface area (Å²) in [5, 5.41) is 5.20. The van der Waals surface area contributed by atoms with Crippen LogP contribution in [0.5, 0.6) is 0 Å². The van der Waals surface area contributed by atoms with E-state index in [4.69, 9.17) is 4.74 Å². The number of carbonyl (C=O) groups is 3. The van der Waals surface area contributed by atoms with Crippen LogP contribution >= 0.6 is 0 Å². The average Bonchev–Trinajstić information content (AvgIpc) is 2.54. The van der Waals surface area contributed by atoms with Crippen LogP contribution in [-0.4, -0.2) is 44.3 Å². The van der Waals surface area contributed by atoms with Crippen molar-refractivity contribution in [2.45, 2.75) is 19.4 Å². The van der Waals surface area contributed by atoms with Gasteiger partial charge in [-0.1, -0.05) is 6.07 Å². The number of urea groups is 1. The van der Waals surface area contributed by atoms with Gasteiger partial charge in [0.15, 0.2) is 6.04 Å². The van der Waals surface area contributed by atoms with Gasteiger partial charge in [-0.15, -0.1) is 0 Å². The predicted octanol–water partition coefficient (Wildman–Crippen LogP) is -2.84. The lowest BCUT2D eigenvalue weighted by molar-refractivity contribution is -0.408. The van der Waals surface area contributed by atoms with Crippen molar-refractivity contribution in [3.05, 3.63) is 29.8 Å². The molecule has 2 amide bonds. The van der Waals surface area contributed by atoms with Crippen LogP contribution in [0.3, 0.4) is 0 Å². The SMILES string of the molecule is CCOC(=O)c1cccc(NC(=O)NCC[C@H]([NH3+])C(=O)OC)c1.[Cl-]. The number of benzene rings is 1. The Hall–Kier alpha value is -2.32. The zero-order valence-corrected chi connectivity index (χ0v) is 14.4. The summed E-state index contributed by atoms with van der Waals surface area (Å²) in [7, 11) is 1.29. The molecule has 0 fully saturated rings. The number of methoxy groups -OCH3 is 1. The third-order valence-corrected chi connectivity index (χ3v) is 2.94. The summed E-state index contributed by atoms with van der Waals surface area (Å²) >= 11 is 0. The standard InChI is InChI=1S/C15H21N3O5.ClH/c1-3-23-13(19)10-5-4-6-11(9-10)18-15(21)17-8-7-12(16)14(20)22-2;/h4-6,9,12H,3,7-8,16H2,1-2H3,(H2,17,18,21);1H/t12-;/m0./s1. The van der Waals surface area contributed by atoms with Gasteiger partial charge in [0, 0.05) is 18.7 Å². The molecule has 1 aromatic rings. The highest BCUT2D eigenvalue weighted by Gasteiger charge is 2.17. The quantitative estimate of drug-likeness (QED) is 0.453. The Morgan fingerprint density at radius 3 is 2.62 bits per heavy atom. The van der Waals surface area contributed by atoms with Crippen LogP contribution in [-0.2, 0) is 14.3 Å². The first kappa shape index (κ1) is 21.7. The summed E-state index contributed by atoms with van der Waals surface area (Å²) in [6, 6.07) is 5.45. The summed E-state index contributed by atoms with van der Waals surface area (Å²) in [5.74, 6) is -0.871. The number of anilines is 1. The number of halogens is 1. The molecule has 0 spiro atoms. The number of nitrogens with one attached hydrogen (secondary N) is 2. The Kier molecular flexibility index (Phi) is 10.2. The summed E-state index contributed by atoms with van der Waals surface area (Å²) in [6.45, 7) is 2.27. The minimum Gasteiger partial charge on any atom is -1.00 e. The molecule has 1 atom stereocenters. The van der Waals surface area contributed by atoms with E-state index in [1.54, 1.807) is 25.1 Å². The van der Waals surface area contributed by atoms with E-state index >= 15 is 0 Å². The van der Waals surface area contributed by atoms with Crippen LogP contribution in [0.15, 0.2) is 24.3 Å². The Morgan fingerprint density at radius 2 is 2.00 bits per heavy atom. The Morgan fingerprint density at radius 1 is 1.29 bits per heavy atom. The molecule has 0 bridgehead atoms. The van der Waals surface area contributed by atoms with E-state index in [1.165, 1.54) is 13.2 Å². The molecule has 1 aromatic carbocycles. The lowest BCUT2D eigenvalue weighted by atomic mass is 10.2. The van der Waals surface area contributed by atoms with Crippen LogP contribution in [0.2, 0.25) is 0 Å². The van der Waals surface area contributed by atoms with Gasteiger partial charge >= 0.3 is 18.0 Å². The molecule has 0 saturated carbocycles. The van der Waals surface area contributed by atoms with Crippen molar-refractivity contribution in [2.75, 3.05) is 25.6 Å². The van der Waals surface area contributed by atoms with E-state index in [1.807, 2.05) is 0 Å². The fourth-order valence-corrected chi connectivity index (χ4v) is 1.76. The lowest BCUT2D eigenvalue weighted by Crippen LogP contribution is -3.00. The molecule has 1 rings (SSSR count). The molecule has 0 aliphatic carbocycles. The van der Waals surface area contributed by atoms with Crippen molar-refractivity contribution >= 4 is 23.7 Å². The highest BCUT2D eigenvalue weighted by atomic mass is 35.5. The van der Waals surface area contributed by atoms with Gasteiger partial charge in [-0.05, 0) is 25.1 Å². The molecular weight excluding hydrogens is 338 g/mol. The first-order chi connectivity index (χ1) is 11.0. The van der Waals surface area contributed by atoms with Crippen molar-refractivity contribution in [2.24, 2.45) is 0 Å². The Balaban J connectivity index is 0.00000529. The van der Waals surface area contributed by atoms with Gasteiger partial charge in [-0.25, -0.2) is 14.4 Å². The summed E-state index contributed by atoms with van der Waals surface area (Å²) in [5.41, 5.74) is 4.46. The van der Waals surface area contributed by atoms with Gasteiger partial charge in [0.1, 0.15) is 0 Å². The topological polar surface area (TPSA) is 121 Å². The fourth-order valence-electron chi connectivity index (χ4n) is 1.76. The number of hydrogen-bond acceptors (Lipinski definition) is 5. The normalized spacial score (nSPS) is 10.8. The number of ether oxygens (including phenoxy) is 2. The monoisotopic (exact) mass is 359 g/mol. The minimum atomic E-state index is -0.535. The predicted molar refractivity (Wildman–Crippen MR) is 82.7 cm³/mol. The molecule has 134 valence electrons. The number of esters is 2. The average molecular weight is 360 g/mol. The first-order valence-electron chi connectivity index (χ1n) is 7.20. The molecule has 24 heavy (non-hydrogen) atoms. The molecule has 0 heterocycles. The summed E-state index contributed by atoms with van der Waals surface area (Å²) < 4.78 is 9.44. The van der Waals surface area contributed by atoms with Crippen LogP contribution in [0.4, 0.5) is 10.5 Å². The molecule has 9 heteroatoms. The van der Waals surface area contributed by atoms with E-state index in [2.05, 4.69) is 21.1 Å². The van der Waals surface area contributed by atoms with E-state index in [9.17, 15) is 14.4 Å². The van der Waals surface area contributed by atoms with Crippen molar-refractivity contribution in [1.29, 1.82) is 0 Å². The van der Waals surface area contributed by atoms with E-state index in [0.717, 1.165) is 0 Å². The molecule has 0 aliphatic rings. The maximum Gasteiger partial charge on any atom is 0.364 e. The van der Waals surface area contributed by atoms with Crippen LogP contribution in [0.25, 0.3) is 0 Å². The summed E-state index contributed by atoms with van der Waals surface area (Å²) in [6.07, 6.45) is 0.364. The molecule has 0 radical (unpaired) electrons. The Labute approximate surface area is 146 Å². The van der Waals surface area contributed by atoms with Gasteiger partial charge in [0.05, 0.1) is 19.3 Å². The van der Waals surface area contributed by atoms with Gasteiger partial charge < -0.3 is 38.2 Å². The second-order valence-corrected chi connectivity index (χ2v) is 4.69. The number of carbonyl (C=O) groups excluding carboxylic acids is 3. The third kappa shape index (κ3) is 7.30. The van der Waals surface area contributed by atoms with Crippen molar-refractivity contribution < 1.29 is 42.0 Å². The van der Waals surface area contributed by atoms with Crippen LogP contribution in [0.1, 0.15) is 23.7 Å². The molecular formula is C15H22ClN3O5. The number of rotatable bonds is 7. The molecule has 0 aromatic heterocycles. The summed E-state index contributed by atoms with van der Waals surface area (Å²) in [4.78, 5) is 34.6. The van der Waals surface area contributed by atoms with E-state index < -0.39 is 24.0 Å². The molecule has 0 saturated heterocycles. The highest BCUT2D eigenvalue weighted by molar-refractivity contribution is 5.93. The second-order valence-electron chi connectivity index (χ2n) is 4.69. The van der Waals surface area contributed by atoms with Crippen LogP contribution < -0.4 is 28.8 Å². The molecule has 0 aliphatic heterocycles. The maximum atomic E-state index is 11.8. The van der Waals surface area contributed by atoms with Gasteiger partial charge in [-0.3, -0.25) is 0 Å². The van der Waals surface area contributed by atoms with E-state index in [0.29, 0.717) is 17.7 Å². The molecule has 5 N–H and O–H groups in total. The largest absolute Gasteiger partial charge is 1.00 e. The van der Waals surface area contributed by atoms with Crippen LogP contribution in [0, 0.1) is 0 Å². The zero-order chi connectivity index (χ0) is 17.2. The van der Waals surface area contributed by atoms with Crippen molar-refractivity contribution in [1.82, 2.24) is 5.32 Å². The zero-order valence-electron chi connectivity index (χ0n) is 13.6. The lowest BCUT2D eigenvalue weighted by Gasteiger charge is -2.10. The Bertz CT molecular complexity index is 568. The van der Waals surface area contributed by atoms with Crippen molar-refractivity contribution in [3.63, 3.8) is 0 Å². The van der Waals surface area contributed by atoms with Gasteiger partial charge in [0.2, 0.25) is 0 Å².